The molecule has 0 aliphatic carbocycles. The molecule has 4 aromatic carbocycles. The molecule has 0 radical (unpaired) electrons. The van der Waals surface area contributed by atoms with Crippen LogP contribution in [0, 0.1) is 0 Å². The normalized spacial score (nSPS) is 13.7. The largest absolute Gasteiger partial charge is 0.368 e. The van der Waals surface area contributed by atoms with Gasteiger partial charge in [0.1, 0.15) is 0 Å². The van der Waals surface area contributed by atoms with E-state index in [9.17, 15) is 9.59 Å². The highest BCUT2D eigenvalue weighted by Gasteiger charge is 2.22. The quantitative estimate of drug-likeness (QED) is 0.374. The van der Waals surface area contributed by atoms with Gasteiger partial charge in [0, 0.05) is 47.6 Å². The predicted molar refractivity (Wildman–Crippen MR) is 141 cm³/mol. The maximum atomic E-state index is 13.0. The van der Waals surface area contributed by atoms with Gasteiger partial charge in [0.05, 0.1) is 5.56 Å². The predicted octanol–water partition coefficient (Wildman–Crippen LogP) is 5.82. The maximum absolute atomic E-state index is 13.0. The molecule has 4 aromatic rings. The first kappa shape index (κ1) is 22.2. The van der Waals surface area contributed by atoms with Crippen molar-refractivity contribution in [3.8, 4) is 0 Å². The highest BCUT2D eigenvalue weighted by Crippen LogP contribution is 2.23. The third-order valence-electron chi connectivity index (χ3n) is 6.17. The smallest absolute Gasteiger partial charge is 0.256 e. The van der Waals surface area contributed by atoms with Gasteiger partial charge in [-0.3, -0.25) is 9.59 Å². The lowest BCUT2D eigenvalue weighted by Gasteiger charge is -2.36. The maximum Gasteiger partial charge on any atom is 0.256 e. The van der Waals surface area contributed by atoms with E-state index in [1.165, 1.54) is 0 Å². The van der Waals surface area contributed by atoms with Crippen LogP contribution < -0.4 is 10.2 Å². The second-order valence-electron chi connectivity index (χ2n) is 8.32. The lowest BCUT2D eigenvalue weighted by molar-refractivity contribution is 0.0746. The van der Waals surface area contributed by atoms with Crippen molar-refractivity contribution in [3.05, 3.63) is 107 Å². The Morgan fingerprint density at radius 1 is 0.735 bits per heavy atom. The van der Waals surface area contributed by atoms with Gasteiger partial charge in [-0.2, -0.15) is 0 Å². The molecule has 6 heteroatoms. The van der Waals surface area contributed by atoms with Crippen molar-refractivity contribution in [1.29, 1.82) is 0 Å². The molecule has 0 aromatic heterocycles. The Morgan fingerprint density at radius 2 is 1.41 bits per heavy atom. The minimum atomic E-state index is -0.152. The molecule has 1 aliphatic heterocycles. The van der Waals surface area contributed by atoms with Crippen molar-refractivity contribution in [1.82, 2.24) is 4.90 Å². The lowest BCUT2D eigenvalue weighted by Crippen LogP contribution is -2.48. The molecule has 170 valence electrons. The van der Waals surface area contributed by atoms with E-state index >= 15 is 0 Å². The fraction of sp³-hybridized carbons (Fsp3) is 0.143. The van der Waals surface area contributed by atoms with E-state index in [1.54, 1.807) is 6.07 Å². The number of benzene rings is 4. The molecule has 1 heterocycles. The summed E-state index contributed by atoms with van der Waals surface area (Å²) in [6.07, 6.45) is 0. The van der Waals surface area contributed by atoms with E-state index in [-0.39, 0.29) is 11.8 Å². The number of hydrogen-bond donors (Lipinski definition) is 1. The van der Waals surface area contributed by atoms with Crippen LogP contribution in [0.15, 0.2) is 95.5 Å². The van der Waals surface area contributed by atoms with Crippen molar-refractivity contribution < 1.29 is 9.59 Å². The first-order chi connectivity index (χ1) is 16.6. The van der Waals surface area contributed by atoms with Crippen molar-refractivity contribution in [3.63, 3.8) is 0 Å². The van der Waals surface area contributed by atoms with Gasteiger partial charge < -0.3 is 15.1 Å². The van der Waals surface area contributed by atoms with E-state index in [1.807, 2.05) is 83.8 Å². The summed E-state index contributed by atoms with van der Waals surface area (Å²) >= 11 is 3.42. The number of rotatable bonds is 4. The molecule has 1 fully saturated rings. The SMILES string of the molecule is O=C(Nc1ccc(N2CCN(C(=O)c3ccc4ccccc4c3)CC2)cc1)c1ccccc1Br. The minimum absolute atomic E-state index is 0.0792. The summed E-state index contributed by atoms with van der Waals surface area (Å²) in [7, 11) is 0. The Kier molecular flexibility index (Phi) is 6.32. The molecule has 1 saturated heterocycles. The Balaban J connectivity index is 1.19. The number of nitrogens with zero attached hydrogens (tertiary/aromatic N) is 2. The summed E-state index contributed by atoms with van der Waals surface area (Å²) in [5.41, 5.74) is 3.15. The second kappa shape index (κ2) is 9.69. The Morgan fingerprint density at radius 3 is 2.15 bits per heavy atom. The van der Waals surface area contributed by atoms with Gasteiger partial charge in [-0.05, 0) is 75.2 Å². The molecule has 5 nitrogen and oxygen atoms in total. The Hall–Kier alpha value is -3.64. The third-order valence-corrected chi connectivity index (χ3v) is 6.86. The van der Waals surface area contributed by atoms with Crippen LogP contribution >= 0.6 is 15.9 Å². The van der Waals surface area contributed by atoms with Crippen LogP contribution in [0.3, 0.4) is 0 Å². The van der Waals surface area contributed by atoms with Crippen LogP contribution in [0.4, 0.5) is 11.4 Å². The van der Waals surface area contributed by atoms with Crippen molar-refractivity contribution in [2.45, 2.75) is 0 Å². The zero-order chi connectivity index (χ0) is 23.5. The molecule has 5 rings (SSSR count). The highest BCUT2D eigenvalue weighted by atomic mass is 79.9. The average molecular weight is 514 g/mol. The summed E-state index contributed by atoms with van der Waals surface area (Å²) < 4.78 is 0.764. The number of piperazine rings is 1. The fourth-order valence-electron chi connectivity index (χ4n) is 4.27. The summed E-state index contributed by atoms with van der Waals surface area (Å²) in [6, 6.07) is 29.2. The van der Waals surface area contributed by atoms with Crippen molar-refractivity contribution in [2.75, 3.05) is 36.4 Å². The summed E-state index contributed by atoms with van der Waals surface area (Å²) in [5, 5.41) is 5.16. The topological polar surface area (TPSA) is 52.7 Å². The van der Waals surface area contributed by atoms with E-state index in [0.717, 1.165) is 45.3 Å². The van der Waals surface area contributed by atoms with Gasteiger partial charge in [-0.1, -0.05) is 42.5 Å². The van der Waals surface area contributed by atoms with Gasteiger partial charge in [-0.15, -0.1) is 0 Å². The molecule has 1 aliphatic rings. The molecule has 0 bridgehead atoms. The van der Waals surface area contributed by atoms with Crippen LogP contribution in [0.25, 0.3) is 10.8 Å². The lowest BCUT2D eigenvalue weighted by atomic mass is 10.1. The first-order valence-electron chi connectivity index (χ1n) is 11.3. The molecule has 0 spiro atoms. The Labute approximate surface area is 207 Å². The summed E-state index contributed by atoms with van der Waals surface area (Å²) in [4.78, 5) is 29.8. The van der Waals surface area contributed by atoms with Gasteiger partial charge >= 0.3 is 0 Å². The molecule has 0 unspecified atom stereocenters. The Bertz CT molecular complexity index is 1350. The van der Waals surface area contributed by atoms with Crippen LogP contribution in [0.5, 0.6) is 0 Å². The second-order valence-corrected chi connectivity index (χ2v) is 9.18. The number of anilines is 2. The van der Waals surface area contributed by atoms with Crippen LogP contribution in [0.2, 0.25) is 0 Å². The standard InChI is InChI=1S/C28H24BrN3O2/c29-26-8-4-3-7-25(26)27(33)30-23-11-13-24(14-12-23)31-15-17-32(18-16-31)28(34)22-10-9-20-5-1-2-6-21(20)19-22/h1-14,19H,15-18H2,(H,30,33). The molecule has 0 atom stereocenters. The van der Waals surface area contributed by atoms with Gasteiger partial charge in [0.25, 0.3) is 11.8 Å². The molecule has 34 heavy (non-hydrogen) atoms. The molecular weight excluding hydrogens is 490 g/mol. The van der Waals surface area contributed by atoms with E-state index in [0.29, 0.717) is 18.7 Å². The highest BCUT2D eigenvalue weighted by molar-refractivity contribution is 9.10. The van der Waals surface area contributed by atoms with Gasteiger partial charge in [0.2, 0.25) is 0 Å². The monoisotopic (exact) mass is 513 g/mol. The minimum Gasteiger partial charge on any atom is -0.368 e. The zero-order valence-electron chi connectivity index (χ0n) is 18.6. The summed E-state index contributed by atoms with van der Waals surface area (Å²) in [6.45, 7) is 2.88. The number of carbonyl (C=O) groups is 2. The van der Waals surface area contributed by atoms with E-state index in [4.69, 9.17) is 0 Å². The number of carbonyl (C=O) groups excluding carboxylic acids is 2. The average Bonchev–Trinajstić information content (AvgIpc) is 2.89. The number of amides is 2. The van der Waals surface area contributed by atoms with Gasteiger partial charge in [0.15, 0.2) is 0 Å². The number of hydrogen-bond acceptors (Lipinski definition) is 3. The zero-order valence-corrected chi connectivity index (χ0v) is 20.2. The first-order valence-corrected chi connectivity index (χ1v) is 12.1. The van der Waals surface area contributed by atoms with Crippen molar-refractivity contribution in [2.24, 2.45) is 0 Å². The van der Waals surface area contributed by atoms with Crippen molar-refractivity contribution >= 4 is 49.9 Å². The van der Waals surface area contributed by atoms with E-state index in [2.05, 4.69) is 32.2 Å². The third kappa shape index (κ3) is 4.68. The van der Waals surface area contributed by atoms with Crippen LogP contribution in [-0.2, 0) is 0 Å². The van der Waals surface area contributed by atoms with Crippen LogP contribution in [-0.4, -0.2) is 42.9 Å². The molecular formula is C28H24BrN3O2. The van der Waals surface area contributed by atoms with E-state index < -0.39 is 0 Å². The van der Waals surface area contributed by atoms with Crippen LogP contribution in [0.1, 0.15) is 20.7 Å². The number of nitrogens with one attached hydrogen (secondary N) is 1. The summed E-state index contributed by atoms with van der Waals surface area (Å²) in [5.74, 6) is -0.0726. The number of halogens is 1. The van der Waals surface area contributed by atoms with Gasteiger partial charge in [-0.25, -0.2) is 0 Å². The molecule has 0 saturated carbocycles. The fourth-order valence-corrected chi connectivity index (χ4v) is 4.74. The number of fused-ring (bicyclic) bond motifs is 1. The molecule has 1 N–H and O–H groups in total. The molecule has 2 amide bonds.